The molecule has 0 aromatic heterocycles. The Balaban J connectivity index is 1.88. The summed E-state index contributed by atoms with van der Waals surface area (Å²) in [4.78, 5) is 52.6. The largest absolute Gasteiger partial charge is 0.480 e. The highest BCUT2D eigenvalue weighted by atomic mass is 32.2. The minimum Gasteiger partial charge on any atom is -0.480 e. The van der Waals surface area contributed by atoms with Gasteiger partial charge in [-0.05, 0) is 64.9 Å². The predicted octanol–water partition coefficient (Wildman–Crippen LogP) is 1.95. The van der Waals surface area contributed by atoms with E-state index in [1.54, 1.807) is 25.7 Å². The number of nitrogens with zero attached hydrogens (tertiary/aromatic N) is 2. The molecule has 0 aliphatic carbocycles. The van der Waals surface area contributed by atoms with Crippen molar-refractivity contribution in [1.82, 2.24) is 15.1 Å². The number of ether oxygens (including phenoxy) is 1. The van der Waals surface area contributed by atoms with Gasteiger partial charge in [-0.3, -0.25) is 14.5 Å². The van der Waals surface area contributed by atoms with Crippen LogP contribution in [0.25, 0.3) is 0 Å². The number of thioether (sulfide) groups is 1. The molecule has 0 bridgehead atoms. The Labute approximate surface area is 188 Å². The quantitative estimate of drug-likeness (QED) is 0.600. The number of hydrogen-bond acceptors (Lipinski definition) is 6. The summed E-state index contributed by atoms with van der Waals surface area (Å²) in [7, 11) is 0. The van der Waals surface area contributed by atoms with E-state index in [1.807, 2.05) is 6.26 Å². The number of nitrogens with one attached hydrogen (secondary N) is 1. The fourth-order valence-electron chi connectivity index (χ4n) is 3.92. The standard InChI is InChI=1S/C21H35N3O6S/c1-21(2,3)30-20(29)24-10-5-6-16(24)18(26)23-11-7-14(8-12-23)17(25)22-15(19(27)28)9-13-31-4/h14-16H,5-13H2,1-4H3,(H,22,25)(H,27,28). The summed E-state index contributed by atoms with van der Waals surface area (Å²) in [5.74, 6) is -1.06. The highest BCUT2D eigenvalue weighted by Gasteiger charge is 2.40. The zero-order chi connectivity index (χ0) is 23.2. The Morgan fingerprint density at radius 2 is 1.77 bits per heavy atom. The normalized spacial score (nSPS) is 21.0. The molecule has 0 aromatic rings. The van der Waals surface area contributed by atoms with Crippen molar-refractivity contribution in [2.45, 2.75) is 70.6 Å². The van der Waals surface area contributed by atoms with E-state index in [1.165, 1.54) is 16.7 Å². The molecule has 0 spiro atoms. The van der Waals surface area contributed by atoms with Gasteiger partial charge < -0.3 is 20.1 Å². The molecule has 3 amide bonds. The second-order valence-electron chi connectivity index (χ2n) is 9.11. The number of aliphatic carboxylic acids is 1. The van der Waals surface area contributed by atoms with Gasteiger partial charge in [0.2, 0.25) is 11.8 Å². The van der Waals surface area contributed by atoms with Crippen LogP contribution in [-0.4, -0.2) is 88.1 Å². The number of carbonyl (C=O) groups is 4. The molecule has 0 aromatic carbocycles. The van der Waals surface area contributed by atoms with Crippen molar-refractivity contribution >= 4 is 35.6 Å². The van der Waals surface area contributed by atoms with Crippen LogP contribution in [0.2, 0.25) is 0 Å². The van der Waals surface area contributed by atoms with E-state index in [0.29, 0.717) is 51.1 Å². The summed E-state index contributed by atoms with van der Waals surface area (Å²) in [6.07, 6.45) is 4.11. The van der Waals surface area contributed by atoms with E-state index < -0.39 is 29.7 Å². The smallest absolute Gasteiger partial charge is 0.410 e. The highest BCUT2D eigenvalue weighted by molar-refractivity contribution is 7.98. The van der Waals surface area contributed by atoms with Gasteiger partial charge in [0.1, 0.15) is 17.7 Å². The molecule has 2 unspecified atom stereocenters. The maximum Gasteiger partial charge on any atom is 0.410 e. The molecule has 31 heavy (non-hydrogen) atoms. The van der Waals surface area contributed by atoms with Crippen molar-refractivity contribution in [3.63, 3.8) is 0 Å². The number of hydrogen-bond donors (Lipinski definition) is 2. The summed E-state index contributed by atoms with van der Waals surface area (Å²) in [6, 6.07) is -1.41. The molecule has 2 aliphatic heterocycles. The lowest BCUT2D eigenvalue weighted by atomic mass is 9.94. The topological polar surface area (TPSA) is 116 Å². The Morgan fingerprint density at radius 3 is 2.32 bits per heavy atom. The molecule has 10 heteroatoms. The lowest BCUT2D eigenvalue weighted by Crippen LogP contribution is -2.52. The first-order valence-electron chi connectivity index (χ1n) is 10.8. The first-order valence-corrected chi connectivity index (χ1v) is 12.2. The molecular formula is C21H35N3O6S. The fraction of sp³-hybridized carbons (Fsp3) is 0.810. The number of piperidine rings is 1. The summed E-state index contributed by atoms with van der Waals surface area (Å²) in [6.45, 7) is 6.71. The van der Waals surface area contributed by atoms with E-state index in [2.05, 4.69) is 5.32 Å². The van der Waals surface area contributed by atoms with Crippen molar-refractivity contribution in [2.75, 3.05) is 31.6 Å². The Morgan fingerprint density at radius 1 is 1.13 bits per heavy atom. The van der Waals surface area contributed by atoms with E-state index in [0.717, 1.165) is 6.42 Å². The monoisotopic (exact) mass is 457 g/mol. The Hall–Kier alpha value is -1.97. The highest BCUT2D eigenvalue weighted by Crippen LogP contribution is 2.25. The van der Waals surface area contributed by atoms with Gasteiger partial charge in [-0.1, -0.05) is 0 Å². The van der Waals surface area contributed by atoms with Gasteiger partial charge in [0, 0.05) is 25.6 Å². The molecule has 2 rings (SSSR count). The van der Waals surface area contributed by atoms with Gasteiger partial charge >= 0.3 is 12.1 Å². The third-order valence-electron chi connectivity index (χ3n) is 5.57. The van der Waals surface area contributed by atoms with Gasteiger partial charge in [-0.2, -0.15) is 11.8 Å². The number of rotatable bonds is 7. The number of likely N-dealkylation sites (tertiary alicyclic amines) is 2. The molecule has 2 N–H and O–H groups in total. The van der Waals surface area contributed by atoms with Crippen LogP contribution in [-0.2, 0) is 19.1 Å². The van der Waals surface area contributed by atoms with Crippen molar-refractivity contribution in [3.05, 3.63) is 0 Å². The Kier molecular flexibility index (Phi) is 9.02. The minimum atomic E-state index is -1.03. The maximum absolute atomic E-state index is 13.0. The van der Waals surface area contributed by atoms with Gasteiger partial charge in [-0.15, -0.1) is 0 Å². The molecule has 0 radical (unpaired) electrons. The SMILES string of the molecule is CSCCC(NC(=O)C1CCN(C(=O)C2CCCN2C(=O)OC(C)(C)C)CC1)C(=O)O. The number of amides is 3. The molecule has 2 atom stereocenters. The molecule has 2 aliphatic rings. The van der Waals surface area contributed by atoms with Gasteiger partial charge in [-0.25, -0.2) is 9.59 Å². The van der Waals surface area contributed by atoms with Crippen LogP contribution < -0.4 is 5.32 Å². The third-order valence-corrected chi connectivity index (χ3v) is 6.21. The maximum atomic E-state index is 13.0. The van der Waals surface area contributed by atoms with E-state index in [4.69, 9.17) is 4.74 Å². The summed E-state index contributed by atoms with van der Waals surface area (Å²) >= 11 is 1.53. The molecule has 2 saturated heterocycles. The van der Waals surface area contributed by atoms with Crippen LogP contribution >= 0.6 is 11.8 Å². The van der Waals surface area contributed by atoms with Crippen LogP contribution in [0.5, 0.6) is 0 Å². The lowest BCUT2D eigenvalue weighted by Gasteiger charge is -2.35. The van der Waals surface area contributed by atoms with Gasteiger partial charge in [0.05, 0.1) is 0 Å². The van der Waals surface area contributed by atoms with E-state index in [9.17, 15) is 24.3 Å². The van der Waals surface area contributed by atoms with Crippen LogP contribution in [0.3, 0.4) is 0 Å². The molecule has 2 heterocycles. The van der Waals surface area contributed by atoms with Crippen LogP contribution in [0.15, 0.2) is 0 Å². The van der Waals surface area contributed by atoms with Crippen molar-refractivity contribution < 1.29 is 29.0 Å². The average molecular weight is 458 g/mol. The van der Waals surface area contributed by atoms with Crippen molar-refractivity contribution in [1.29, 1.82) is 0 Å². The number of carboxylic acid groups (broad SMARTS) is 1. The van der Waals surface area contributed by atoms with E-state index >= 15 is 0 Å². The Bertz CT molecular complexity index is 673. The predicted molar refractivity (Wildman–Crippen MR) is 118 cm³/mol. The third kappa shape index (κ3) is 7.29. The van der Waals surface area contributed by atoms with Crippen LogP contribution in [0.4, 0.5) is 4.79 Å². The number of carbonyl (C=O) groups excluding carboxylic acids is 3. The molecular weight excluding hydrogens is 422 g/mol. The van der Waals surface area contributed by atoms with Crippen LogP contribution in [0, 0.1) is 5.92 Å². The van der Waals surface area contributed by atoms with Crippen molar-refractivity contribution in [3.8, 4) is 0 Å². The number of carboxylic acids is 1. The van der Waals surface area contributed by atoms with Gasteiger partial charge in [0.15, 0.2) is 0 Å². The second-order valence-corrected chi connectivity index (χ2v) is 10.1. The lowest BCUT2D eigenvalue weighted by molar-refractivity contribution is -0.143. The first kappa shape index (κ1) is 25.3. The zero-order valence-electron chi connectivity index (χ0n) is 18.9. The zero-order valence-corrected chi connectivity index (χ0v) is 19.7. The molecule has 176 valence electrons. The summed E-state index contributed by atoms with van der Waals surface area (Å²) in [5.41, 5.74) is -0.622. The average Bonchev–Trinajstić information content (AvgIpc) is 3.19. The molecule has 2 fully saturated rings. The minimum absolute atomic E-state index is 0.106. The first-order chi connectivity index (χ1) is 14.5. The van der Waals surface area contributed by atoms with Gasteiger partial charge in [0.25, 0.3) is 0 Å². The molecule has 0 saturated carbocycles. The summed E-state index contributed by atoms with van der Waals surface area (Å²) in [5, 5.41) is 11.9. The van der Waals surface area contributed by atoms with Crippen LogP contribution in [0.1, 0.15) is 52.9 Å². The summed E-state index contributed by atoms with van der Waals surface area (Å²) < 4.78 is 5.44. The molecule has 9 nitrogen and oxygen atoms in total. The fourth-order valence-corrected chi connectivity index (χ4v) is 4.39. The van der Waals surface area contributed by atoms with E-state index in [-0.39, 0.29) is 17.7 Å². The second kappa shape index (κ2) is 11.1. The van der Waals surface area contributed by atoms with Crippen molar-refractivity contribution in [2.24, 2.45) is 5.92 Å².